The van der Waals surface area contributed by atoms with E-state index >= 15 is 0 Å². The largest absolute Gasteiger partial charge is 0.507 e. The van der Waals surface area contributed by atoms with Gasteiger partial charge in [0.15, 0.2) is 0 Å². The van der Waals surface area contributed by atoms with Crippen LogP contribution in [-0.4, -0.2) is 19.7 Å². The van der Waals surface area contributed by atoms with E-state index in [0.717, 1.165) is 22.3 Å². The van der Waals surface area contributed by atoms with Gasteiger partial charge < -0.3 is 5.11 Å². The summed E-state index contributed by atoms with van der Waals surface area (Å²) in [6.07, 6.45) is 1.27. The van der Waals surface area contributed by atoms with Gasteiger partial charge in [-0.05, 0) is 57.6 Å². The zero-order valence-electron chi connectivity index (χ0n) is 20.3. The fourth-order valence-electron chi connectivity index (χ4n) is 3.49. The van der Waals surface area contributed by atoms with E-state index < -0.39 is 10.0 Å². The minimum Gasteiger partial charge on any atom is -0.507 e. The van der Waals surface area contributed by atoms with Crippen molar-refractivity contribution < 1.29 is 13.5 Å². The molecule has 2 aromatic rings. The van der Waals surface area contributed by atoms with Gasteiger partial charge in [0.25, 0.3) is 10.0 Å². The van der Waals surface area contributed by atoms with Crippen molar-refractivity contribution in [2.75, 3.05) is 0 Å². The summed E-state index contributed by atoms with van der Waals surface area (Å²) in [5.74, 6) is 0.380. The summed E-state index contributed by atoms with van der Waals surface area (Å²) in [6.45, 7) is 18.4. The minimum atomic E-state index is -3.96. The summed E-state index contributed by atoms with van der Waals surface area (Å²) in [7, 11) is -3.96. The topological polar surface area (TPSA) is 66.7 Å². The number of rotatable bonds is 6. The van der Waals surface area contributed by atoms with Crippen molar-refractivity contribution in [1.82, 2.24) is 0 Å². The van der Waals surface area contributed by atoms with Crippen molar-refractivity contribution >= 4 is 16.2 Å². The number of nitrogens with zero attached hydrogens (tertiary/aromatic N) is 1. The second-order valence-corrected chi connectivity index (χ2v) is 11.8. The van der Waals surface area contributed by atoms with E-state index in [9.17, 15) is 13.5 Å². The summed E-state index contributed by atoms with van der Waals surface area (Å²) < 4.78 is 30.9. The molecule has 0 heterocycles. The average molecular weight is 444 g/mol. The normalized spacial score (nSPS) is 13.2. The molecule has 0 saturated heterocycles. The van der Waals surface area contributed by atoms with Crippen LogP contribution in [0.1, 0.15) is 108 Å². The number of hydrogen-bond acceptors (Lipinski definition) is 3. The second-order valence-electron chi connectivity index (χ2n) is 10.2. The first kappa shape index (κ1) is 25.1. The number of aromatic hydroxyl groups is 1. The summed E-state index contributed by atoms with van der Waals surface area (Å²) >= 11 is 0. The van der Waals surface area contributed by atoms with Crippen LogP contribution in [0.2, 0.25) is 0 Å². The molecule has 0 atom stereocenters. The molecule has 4 nitrogen and oxygen atoms in total. The number of phenolic OH excluding ortho intramolecular Hbond substituents is 1. The molecule has 0 spiro atoms. The van der Waals surface area contributed by atoms with E-state index in [4.69, 9.17) is 0 Å². The van der Waals surface area contributed by atoms with Gasteiger partial charge in [-0.3, -0.25) is 0 Å². The Bertz CT molecular complexity index is 1040. The molecule has 0 bridgehead atoms. The number of phenols is 1. The Labute approximate surface area is 188 Å². The Hall–Kier alpha value is -2.14. The first-order valence-electron chi connectivity index (χ1n) is 11.0. The lowest BCUT2D eigenvalue weighted by atomic mass is 9.86. The molecule has 1 N–H and O–H groups in total. The van der Waals surface area contributed by atoms with Gasteiger partial charge in [0.2, 0.25) is 0 Å². The summed E-state index contributed by atoms with van der Waals surface area (Å²) in [6, 6.07) is 9.23. The molecular formula is C26H37NO3S. The van der Waals surface area contributed by atoms with Crippen molar-refractivity contribution in [1.29, 1.82) is 0 Å². The molecule has 5 heteroatoms. The molecule has 0 aliphatic rings. The monoisotopic (exact) mass is 443 g/mol. The summed E-state index contributed by atoms with van der Waals surface area (Å²) in [5.41, 5.74) is 3.98. The fourth-order valence-corrected chi connectivity index (χ4v) is 5.03. The zero-order chi connectivity index (χ0) is 23.7. The maximum absolute atomic E-state index is 13.5. The van der Waals surface area contributed by atoms with E-state index in [1.807, 2.05) is 45.9 Å². The van der Waals surface area contributed by atoms with Gasteiger partial charge in [0, 0.05) is 5.56 Å². The maximum Gasteiger partial charge on any atom is 0.282 e. The van der Waals surface area contributed by atoms with Crippen LogP contribution >= 0.6 is 0 Å². The van der Waals surface area contributed by atoms with E-state index in [2.05, 4.69) is 39.0 Å². The van der Waals surface area contributed by atoms with E-state index in [0.29, 0.717) is 16.4 Å². The molecule has 0 aliphatic heterocycles. The van der Waals surface area contributed by atoms with Crippen LogP contribution in [-0.2, 0) is 15.4 Å². The molecule has 170 valence electrons. The SMILES string of the molecule is CC(C)c1cc(C(C)C)c(S(=O)(=O)/N=C/c2cc(C(C)(C)C)ccc2O)c(C(C)C)c1. The third-order valence-corrected chi connectivity index (χ3v) is 6.93. The second kappa shape index (κ2) is 9.15. The lowest BCUT2D eigenvalue weighted by Gasteiger charge is -2.21. The van der Waals surface area contributed by atoms with Crippen molar-refractivity contribution in [3.63, 3.8) is 0 Å². The first-order valence-corrected chi connectivity index (χ1v) is 12.4. The lowest BCUT2D eigenvalue weighted by molar-refractivity contribution is 0.473. The highest BCUT2D eigenvalue weighted by Gasteiger charge is 2.26. The highest BCUT2D eigenvalue weighted by Crippen LogP contribution is 2.36. The van der Waals surface area contributed by atoms with Gasteiger partial charge in [-0.15, -0.1) is 0 Å². The van der Waals surface area contributed by atoms with Gasteiger partial charge >= 0.3 is 0 Å². The molecule has 0 aliphatic carbocycles. The molecule has 0 fully saturated rings. The Kier molecular flexibility index (Phi) is 7.42. The van der Waals surface area contributed by atoms with Crippen LogP contribution in [0.25, 0.3) is 0 Å². The van der Waals surface area contributed by atoms with Gasteiger partial charge in [-0.2, -0.15) is 12.8 Å². The molecule has 0 unspecified atom stereocenters. The van der Waals surface area contributed by atoms with Crippen LogP contribution in [0.5, 0.6) is 5.75 Å². The van der Waals surface area contributed by atoms with Crippen LogP contribution in [0.4, 0.5) is 0 Å². The van der Waals surface area contributed by atoms with Gasteiger partial charge in [0.05, 0.1) is 11.1 Å². The molecule has 2 rings (SSSR count). The standard InChI is InChI=1S/C26H37NO3S/c1-16(2)19-13-22(17(3)4)25(23(14-19)18(5)6)31(29,30)27-15-20-12-21(26(7,8)9)10-11-24(20)28/h10-18,28H,1-9H3/b27-15+. The van der Waals surface area contributed by atoms with Gasteiger partial charge in [-0.25, -0.2) is 0 Å². The third-order valence-electron chi connectivity index (χ3n) is 5.56. The molecule has 2 aromatic carbocycles. The Morgan fingerprint density at radius 2 is 1.39 bits per heavy atom. The van der Waals surface area contributed by atoms with E-state index in [-0.39, 0.29) is 23.0 Å². The lowest BCUT2D eigenvalue weighted by Crippen LogP contribution is -2.12. The summed E-state index contributed by atoms with van der Waals surface area (Å²) in [4.78, 5) is 0.296. The highest BCUT2D eigenvalue weighted by atomic mass is 32.2. The van der Waals surface area contributed by atoms with Crippen LogP contribution < -0.4 is 0 Å². The highest BCUT2D eigenvalue weighted by molar-refractivity contribution is 7.90. The van der Waals surface area contributed by atoms with Crippen molar-refractivity contribution in [2.45, 2.75) is 90.4 Å². The Balaban J connectivity index is 2.68. The quantitative estimate of drug-likeness (QED) is 0.495. The zero-order valence-corrected chi connectivity index (χ0v) is 21.1. The molecule has 0 aromatic heterocycles. The third kappa shape index (κ3) is 5.76. The maximum atomic E-state index is 13.5. The first-order chi connectivity index (χ1) is 14.1. The minimum absolute atomic E-state index is 0.00951. The van der Waals surface area contributed by atoms with Crippen molar-refractivity contribution in [3.05, 3.63) is 58.1 Å². The average Bonchev–Trinajstić information content (AvgIpc) is 2.65. The number of hydrogen-bond donors (Lipinski definition) is 1. The fraction of sp³-hybridized carbons (Fsp3) is 0.500. The Morgan fingerprint density at radius 1 is 0.871 bits per heavy atom. The summed E-state index contributed by atoms with van der Waals surface area (Å²) in [5, 5.41) is 10.3. The van der Waals surface area contributed by atoms with Gasteiger partial charge in [-0.1, -0.05) is 80.5 Å². The van der Waals surface area contributed by atoms with E-state index in [1.165, 1.54) is 6.21 Å². The smallest absolute Gasteiger partial charge is 0.282 e. The van der Waals surface area contributed by atoms with Crippen LogP contribution in [0, 0.1) is 0 Å². The predicted molar refractivity (Wildman–Crippen MR) is 130 cm³/mol. The molecule has 0 amide bonds. The van der Waals surface area contributed by atoms with Crippen LogP contribution in [0.3, 0.4) is 0 Å². The van der Waals surface area contributed by atoms with Crippen molar-refractivity contribution in [2.24, 2.45) is 4.40 Å². The molecule has 0 radical (unpaired) electrons. The van der Waals surface area contributed by atoms with Gasteiger partial charge in [0.1, 0.15) is 5.75 Å². The Morgan fingerprint density at radius 3 is 1.81 bits per heavy atom. The van der Waals surface area contributed by atoms with Crippen LogP contribution in [0.15, 0.2) is 39.6 Å². The molecule has 31 heavy (non-hydrogen) atoms. The number of benzene rings is 2. The molecular weight excluding hydrogens is 406 g/mol. The predicted octanol–water partition coefficient (Wildman–Crippen LogP) is 6.87. The van der Waals surface area contributed by atoms with E-state index in [1.54, 1.807) is 12.1 Å². The number of sulfonamides is 1. The molecule has 0 saturated carbocycles. The van der Waals surface area contributed by atoms with Crippen molar-refractivity contribution in [3.8, 4) is 5.75 Å².